The Morgan fingerprint density at radius 1 is 0.857 bits per heavy atom. The molecule has 0 aliphatic rings. The van der Waals surface area contributed by atoms with Crippen LogP contribution in [-0.4, -0.2) is 17.1 Å². The summed E-state index contributed by atoms with van der Waals surface area (Å²) in [7, 11) is 0. The highest BCUT2D eigenvalue weighted by atomic mass is 15.0. The Morgan fingerprint density at radius 2 is 1.33 bits per heavy atom. The maximum Gasteiger partial charge on any atom is 0.0785 e. The molecule has 0 aromatic rings. The number of nitrogens with one attached hydrogen (secondary N) is 3. The fourth-order valence-electron chi connectivity index (χ4n) is 2.71. The Balaban J connectivity index is 4.25. The third-order valence-corrected chi connectivity index (χ3v) is 4.32. The van der Waals surface area contributed by atoms with Gasteiger partial charge in [0.15, 0.2) is 0 Å². The molecule has 3 atom stereocenters. The Labute approximate surface area is 129 Å². The average Bonchev–Trinajstić information content (AvgIpc) is 2.47. The van der Waals surface area contributed by atoms with E-state index in [0.29, 0.717) is 0 Å². The molecule has 122 valence electrons. The summed E-state index contributed by atoms with van der Waals surface area (Å²) in [4.78, 5) is 0. The van der Waals surface area contributed by atoms with Crippen LogP contribution in [-0.2, 0) is 0 Å². The van der Waals surface area contributed by atoms with E-state index in [0.717, 1.165) is 51.4 Å². The summed E-state index contributed by atoms with van der Waals surface area (Å²) in [5, 5.41) is 11.1. The summed E-state index contributed by atoms with van der Waals surface area (Å²) < 4.78 is 0. The van der Waals surface area contributed by atoms with Crippen molar-refractivity contribution in [1.29, 1.82) is 16.6 Å². The van der Waals surface area contributed by atoms with Gasteiger partial charge in [-0.05, 0) is 65.7 Å². The van der Waals surface area contributed by atoms with Crippen LogP contribution in [0, 0.1) is 16.6 Å². The fourth-order valence-corrected chi connectivity index (χ4v) is 2.71. The van der Waals surface area contributed by atoms with Gasteiger partial charge in [-0.15, -0.1) is 0 Å². The molecule has 21 heavy (non-hydrogen) atoms. The van der Waals surface area contributed by atoms with E-state index in [1.54, 1.807) is 0 Å². The highest BCUT2D eigenvalue weighted by molar-refractivity contribution is 4.85. The van der Waals surface area contributed by atoms with Crippen LogP contribution in [0.25, 0.3) is 0 Å². The topological polar surface area (TPSA) is 109 Å². The van der Waals surface area contributed by atoms with Crippen molar-refractivity contribution >= 4 is 0 Å². The SMILES string of the molecule is CCCC(C)(CCCC(C)(CCCC(C)N=N)N=N)N=N. The van der Waals surface area contributed by atoms with Gasteiger partial charge in [-0.25, -0.2) is 16.6 Å². The zero-order valence-electron chi connectivity index (χ0n) is 14.1. The van der Waals surface area contributed by atoms with Gasteiger partial charge in [0.25, 0.3) is 0 Å². The summed E-state index contributed by atoms with van der Waals surface area (Å²) in [6, 6.07) is 0.0648. The van der Waals surface area contributed by atoms with E-state index in [-0.39, 0.29) is 17.1 Å². The predicted octanol–water partition coefficient (Wildman–Crippen LogP) is 6.13. The number of hydrogen-bond acceptors (Lipinski definition) is 6. The largest absolute Gasteiger partial charge is 0.210 e. The first-order valence-corrected chi connectivity index (χ1v) is 7.98. The standard InChI is InChI=1S/C15H32N6/c1-5-9-14(3,20-17)11-7-12-15(4,21-18)10-6-8-13(2)19-16/h13,16-18H,5-12H2,1-4H3. The molecule has 0 radical (unpaired) electrons. The maximum absolute atomic E-state index is 7.45. The van der Waals surface area contributed by atoms with Gasteiger partial charge >= 0.3 is 0 Å². The highest BCUT2D eigenvalue weighted by Gasteiger charge is 2.27. The van der Waals surface area contributed by atoms with Gasteiger partial charge < -0.3 is 0 Å². The summed E-state index contributed by atoms with van der Waals surface area (Å²) in [5.74, 6) is 0. The Bertz CT molecular complexity index is 332. The van der Waals surface area contributed by atoms with Gasteiger partial charge in [0.2, 0.25) is 0 Å². The zero-order valence-corrected chi connectivity index (χ0v) is 14.1. The number of rotatable bonds is 13. The lowest BCUT2D eigenvalue weighted by Crippen LogP contribution is -2.25. The molecule has 0 aliphatic carbocycles. The van der Waals surface area contributed by atoms with E-state index in [1.807, 2.05) is 20.8 Å². The van der Waals surface area contributed by atoms with Crippen LogP contribution in [0.2, 0.25) is 0 Å². The highest BCUT2D eigenvalue weighted by Crippen LogP contribution is 2.30. The third kappa shape index (κ3) is 7.97. The van der Waals surface area contributed by atoms with Gasteiger partial charge in [0, 0.05) is 0 Å². The van der Waals surface area contributed by atoms with Crippen LogP contribution >= 0.6 is 0 Å². The Morgan fingerprint density at radius 3 is 1.76 bits per heavy atom. The zero-order chi connectivity index (χ0) is 16.4. The van der Waals surface area contributed by atoms with Gasteiger partial charge in [-0.3, -0.25) is 0 Å². The first-order valence-electron chi connectivity index (χ1n) is 7.98. The molecule has 0 amide bonds. The molecule has 3 unspecified atom stereocenters. The van der Waals surface area contributed by atoms with E-state index in [2.05, 4.69) is 22.3 Å². The molecule has 6 nitrogen and oxygen atoms in total. The normalized spacial score (nSPS) is 18.3. The molecular weight excluding hydrogens is 264 g/mol. The molecule has 0 aromatic carbocycles. The second kappa shape index (κ2) is 9.68. The van der Waals surface area contributed by atoms with Crippen LogP contribution in [0.15, 0.2) is 15.3 Å². The summed E-state index contributed by atoms with van der Waals surface area (Å²) in [5.41, 5.74) is 21.2. The number of hydrogen-bond donors (Lipinski definition) is 3. The van der Waals surface area contributed by atoms with Crippen LogP contribution in [0.1, 0.15) is 79.1 Å². The van der Waals surface area contributed by atoms with Crippen LogP contribution in [0.5, 0.6) is 0 Å². The minimum atomic E-state index is -0.323. The van der Waals surface area contributed by atoms with Crippen molar-refractivity contribution in [3.8, 4) is 0 Å². The lowest BCUT2D eigenvalue weighted by atomic mass is 9.85. The lowest BCUT2D eigenvalue weighted by molar-refractivity contribution is 0.306. The quantitative estimate of drug-likeness (QED) is 0.340. The molecule has 0 aromatic heterocycles. The maximum atomic E-state index is 7.45. The number of nitrogens with zero attached hydrogens (tertiary/aromatic N) is 3. The fraction of sp³-hybridized carbons (Fsp3) is 1.00. The van der Waals surface area contributed by atoms with Crippen molar-refractivity contribution < 1.29 is 0 Å². The van der Waals surface area contributed by atoms with E-state index >= 15 is 0 Å². The van der Waals surface area contributed by atoms with Crippen molar-refractivity contribution in [2.75, 3.05) is 0 Å². The third-order valence-electron chi connectivity index (χ3n) is 4.32. The minimum Gasteiger partial charge on any atom is -0.210 e. The molecule has 0 fully saturated rings. The van der Waals surface area contributed by atoms with Crippen molar-refractivity contribution in [1.82, 2.24) is 0 Å². The summed E-state index contributed by atoms with van der Waals surface area (Å²) >= 11 is 0. The molecule has 0 heterocycles. The lowest BCUT2D eigenvalue weighted by Gasteiger charge is -2.27. The minimum absolute atomic E-state index is 0.0648. The first-order chi connectivity index (χ1) is 9.84. The first kappa shape index (κ1) is 19.8. The smallest absolute Gasteiger partial charge is 0.0785 e. The van der Waals surface area contributed by atoms with Gasteiger partial charge in [0.05, 0.1) is 17.1 Å². The molecule has 0 aliphatic heterocycles. The monoisotopic (exact) mass is 296 g/mol. The summed E-state index contributed by atoms with van der Waals surface area (Å²) in [6.07, 6.45) is 7.34. The van der Waals surface area contributed by atoms with Crippen LogP contribution in [0.4, 0.5) is 0 Å². The van der Waals surface area contributed by atoms with Crippen molar-refractivity contribution in [2.45, 2.75) is 96.2 Å². The van der Waals surface area contributed by atoms with Crippen molar-refractivity contribution in [3.05, 3.63) is 0 Å². The van der Waals surface area contributed by atoms with E-state index in [4.69, 9.17) is 16.6 Å². The van der Waals surface area contributed by atoms with Gasteiger partial charge in [0.1, 0.15) is 0 Å². The van der Waals surface area contributed by atoms with Gasteiger partial charge in [-0.1, -0.05) is 13.3 Å². The van der Waals surface area contributed by atoms with Crippen molar-refractivity contribution in [3.63, 3.8) is 0 Å². The van der Waals surface area contributed by atoms with Crippen molar-refractivity contribution in [2.24, 2.45) is 15.3 Å². The van der Waals surface area contributed by atoms with E-state index in [1.165, 1.54) is 0 Å². The average molecular weight is 296 g/mol. The van der Waals surface area contributed by atoms with Crippen LogP contribution < -0.4 is 0 Å². The van der Waals surface area contributed by atoms with E-state index in [9.17, 15) is 0 Å². The molecule has 0 saturated carbocycles. The molecule has 0 rings (SSSR count). The van der Waals surface area contributed by atoms with Crippen LogP contribution in [0.3, 0.4) is 0 Å². The van der Waals surface area contributed by atoms with E-state index < -0.39 is 0 Å². The predicted molar refractivity (Wildman–Crippen MR) is 84.3 cm³/mol. The molecule has 6 heteroatoms. The Hall–Kier alpha value is -1.20. The molecule has 0 spiro atoms. The summed E-state index contributed by atoms with van der Waals surface area (Å²) in [6.45, 7) is 8.12. The molecular formula is C15H32N6. The molecule has 0 saturated heterocycles. The molecule has 0 bridgehead atoms. The second-order valence-corrected chi connectivity index (χ2v) is 6.69. The van der Waals surface area contributed by atoms with Gasteiger partial charge in [-0.2, -0.15) is 15.3 Å². The second-order valence-electron chi connectivity index (χ2n) is 6.69. The Kier molecular flexibility index (Phi) is 9.13. The molecule has 3 N–H and O–H groups in total.